The Bertz CT molecular complexity index is 674. The number of rotatable bonds is 2. The Hall–Kier alpha value is -1.62. The number of fused-ring (bicyclic) bond motifs is 1. The van der Waals surface area contributed by atoms with Crippen LogP contribution in [-0.4, -0.2) is 9.97 Å². The van der Waals surface area contributed by atoms with E-state index in [0.717, 1.165) is 36.6 Å². The van der Waals surface area contributed by atoms with E-state index in [4.69, 9.17) is 12.2 Å². The van der Waals surface area contributed by atoms with Crippen molar-refractivity contribution in [1.82, 2.24) is 9.97 Å². The molecule has 1 aliphatic rings. The van der Waals surface area contributed by atoms with Crippen LogP contribution in [-0.2, 0) is 19.3 Å². The molecule has 1 heterocycles. The van der Waals surface area contributed by atoms with Gasteiger partial charge in [0, 0.05) is 23.7 Å². The Kier molecular flexibility index (Phi) is 3.14. The van der Waals surface area contributed by atoms with E-state index in [1.807, 2.05) is 0 Å². The Morgan fingerprint density at radius 1 is 1.16 bits per heavy atom. The van der Waals surface area contributed by atoms with Crippen molar-refractivity contribution in [1.29, 1.82) is 0 Å². The van der Waals surface area contributed by atoms with Gasteiger partial charge in [0.25, 0.3) is 0 Å². The normalized spacial score (nSPS) is 13.6. The topological polar surface area (TPSA) is 28.7 Å². The molecule has 19 heavy (non-hydrogen) atoms. The Balaban J connectivity index is 1.95. The highest BCUT2D eigenvalue weighted by Gasteiger charge is 2.15. The molecule has 2 aromatic rings. The number of halogens is 2. The molecular weight excluding hydrogens is 266 g/mol. The molecule has 0 bridgehead atoms. The maximum absolute atomic E-state index is 13.1. The van der Waals surface area contributed by atoms with E-state index in [2.05, 4.69) is 9.97 Å². The first-order chi connectivity index (χ1) is 9.11. The first kappa shape index (κ1) is 12.4. The van der Waals surface area contributed by atoms with Crippen LogP contribution >= 0.6 is 12.2 Å². The number of hydrogen-bond donors (Lipinski definition) is 1. The molecule has 1 aromatic heterocycles. The van der Waals surface area contributed by atoms with Crippen LogP contribution in [0.3, 0.4) is 0 Å². The summed E-state index contributed by atoms with van der Waals surface area (Å²) in [6.45, 7) is 0. The van der Waals surface area contributed by atoms with Crippen LogP contribution in [0, 0.1) is 16.3 Å². The van der Waals surface area contributed by atoms with Gasteiger partial charge < -0.3 is 4.98 Å². The average molecular weight is 278 g/mol. The lowest BCUT2D eigenvalue weighted by Crippen LogP contribution is -2.02. The zero-order valence-electron chi connectivity index (χ0n) is 10.2. The number of H-pyrrole nitrogens is 1. The van der Waals surface area contributed by atoms with Gasteiger partial charge in [-0.25, -0.2) is 13.8 Å². The molecule has 1 aromatic carbocycles. The van der Waals surface area contributed by atoms with Crippen molar-refractivity contribution in [3.05, 3.63) is 57.1 Å². The highest BCUT2D eigenvalue weighted by atomic mass is 32.1. The summed E-state index contributed by atoms with van der Waals surface area (Å²) in [7, 11) is 0. The summed E-state index contributed by atoms with van der Waals surface area (Å²) in [5, 5.41) is 0. The molecule has 0 saturated heterocycles. The van der Waals surface area contributed by atoms with Crippen LogP contribution in [0.15, 0.2) is 18.2 Å². The van der Waals surface area contributed by atoms with Gasteiger partial charge in [-0.1, -0.05) is 12.2 Å². The fourth-order valence-electron chi connectivity index (χ4n) is 2.50. The summed E-state index contributed by atoms with van der Waals surface area (Å²) in [4.78, 5) is 7.54. The summed E-state index contributed by atoms with van der Waals surface area (Å²) in [6, 6.07) is 3.49. The minimum atomic E-state index is -0.574. The number of benzene rings is 1. The Morgan fingerprint density at radius 3 is 2.63 bits per heavy atom. The smallest absolute Gasteiger partial charge is 0.133 e. The number of nitrogens with one attached hydrogen (secondary N) is 1. The van der Waals surface area contributed by atoms with E-state index < -0.39 is 11.6 Å². The van der Waals surface area contributed by atoms with Crippen molar-refractivity contribution in [2.24, 2.45) is 0 Å². The van der Waals surface area contributed by atoms with Crippen LogP contribution in [0.4, 0.5) is 8.78 Å². The number of aryl methyl sites for hydroxylation is 1. The van der Waals surface area contributed by atoms with Crippen molar-refractivity contribution in [3.8, 4) is 0 Å². The summed E-state index contributed by atoms with van der Waals surface area (Å²) < 4.78 is 26.9. The van der Waals surface area contributed by atoms with Gasteiger partial charge in [-0.2, -0.15) is 0 Å². The van der Waals surface area contributed by atoms with Crippen molar-refractivity contribution in [2.75, 3.05) is 0 Å². The van der Waals surface area contributed by atoms with Crippen LogP contribution in [0.5, 0.6) is 0 Å². The van der Waals surface area contributed by atoms with E-state index in [1.165, 1.54) is 12.1 Å². The van der Waals surface area contributed by atoms with Crippen LogP contribution in [0.2, 0.25) is 0 Å². The summed E-state index contributed by atoms with van der Waals surface area (Å²) in [5.74, 6) is -0.486. The molecule has 0 spiro atoms. The summed E-state index contributed by atoms with van der Waals surface area (Å²) >= 11 is 5.25. The molecule has 1 N–H and O–H groups in total. The molecule has 0 unspecified atom stereocenters. The van der Waals surface area contributed by atoms with E-state index in [0.29, 0.717) is 22.4 Å². The second kappa shape index (κ2) is 4.81. The van der Waals surface area contributed by atoms with Crippen molar-refractivity contribution >= 4 is 12.2 Å². The van der Waals surface area contributed by atoms with E-state index >= 15 is 0 Å². The lowest BCUT2D eigenvalue weighted by Gasteiger charge is -2.06. The lowest BCUT2D eigenvalue weighted by atomic mass is 10.1. The highest BCUT2D eigenvalue weighted by molar-refractivity contribution is 7.71. The predicted molar refractivity (Wildman–Crippen MR) is 70.6 cm³/mol. The Morgan fingerprint density at radius 2 is 1.89 bits per heavy atom. The number of aromatic amines is 1. The van der Waals surface area contributed by atoms with Gasteiger partial charge in [-0.15, -0.1) is 0 Å². The molecule has 0 atom stereocenters. The molecule has 0 saturated carbocycles. The molecule has 0 radical (unpaired) electrons. The van der Waals surface area contributed by atoms with Crippen LogP contribution in [0.25, 0.3) is 0 Å². The van der Waals surface area contributed by atoms with Crippen molar-refractivity contribution < 1.29 is 8.78 Å². The fraction of sp³-hybridized carbons (Fsp3) is 0.286. The van der Waals surface area contributed by atoms with Gasteiger partial charge in [-0.05, 0) is 37.0 Å². The van der Waals surface area contributed by atoms with Crippen LogP contribution < -0.4 is 0 Å². The summed E-state index contributed by atoms with van der Waals surface area (Å²) in [5.41, 5.74) is 2.78. The van der Waals surface area contributed by atoms with Crippen LogP contribution in [0.1, 0.15) is 29.1 Å². The molecule has 3 rings (SSSR count). The zero-order valence-corrected chi connectivity index (χ0v) is 11.0. The van der Waals surface area contributed by atoms with E-state index in [1.54, 1.807) is 0 Å². The van der Waals surface area contributed by atoms with Crippen molar-refractivity contribution in [3.63, 3.8) is 0 Å². The molecule has 5 heteroatoms. The van der Waals surface area contributed by atoms with Gasteiger partial charge >= 0.3 is 0 Å². The summed E-state index contributed by atoms with van der Waals surface area (Å²) in [6.07, 6.45) is 3.36. The maximum Gasteiger partial charge on any atom is 0.133 e. The molecule has 0 amide bonds. The SMILES string of the molecule is Fc1cc(F)cc(Cc2nc(=S)c3c([nH]2)CCC3)c1. The predicted octanol–water partition coefficient (Wildman–Crippen LogP) is 3.50. The van der Waals surface area contributed by atoms with Gasteiger partial charge in [0.1, 0.15) is 22.1 Å². The third kappa shape index (κ3) is 2.56. The first-order valence-electron chi connectivity index (χ1n) is 6.18. The maximum atomic E-state index is 13.1. The third-order valence-electron chi connectivity index (χ3n) is 3.30. The zero-order chi connectivity index (χ0) is 13.4. The number of hydrogen-bond acceptors (Lipinski definition) is 2. The quantitative estimate of drug-likeness (QED) is 0.852. The molecular formula is C14H12F2N2S. The van der Waals surface area contributed by atoms with Gasteiger partial charge in [0.05, 0.1) is 0 Å². The van der Waals surface area contributed by atoms with Gasteiger partial charge in [-0.3, -0.25) is 0 Å². The van der Waals surface area contributed by atoms with Gasteiger partial charge in [0.2, 0.25) is 0 Å². The first-order valence-corrected chi connectivity index (χ1v) is 6.58. The molecule has 98 valence electrons. The standard InChI is InChI=1S/C14H12F2N2S/c15-9-4-8(5-10(16)7-9)6-13-17-12-3-1-2-11(12)14(19)18-13/h4-5,7H,1-3,6H2,(H,17,18,19). The third-order valence-corrected chi connectivity index (χ3v) is 3.64. The second-order valence-corrected chi connectivity index (χ2v) is 5.14. The van der Waals surface area contributed by atoms with E-state index in [-0.39, 0.29) is 0 Å². The molecule has 0 fully saturated rings. The minimum absolute atomic E-state index is 0.353. The average Bonchev–Trinajstić information content (AvgIpc) is 2.75. The highest BCUT2D eigenvalue weighted by Crippen LogP contribution is 2.21. The number of aromatic nitrogens is 2. The molecule has 2 nitrogen and oxygen atoms in total. The molecule has 1 aliphatic carbocycles. The minimum Gasteiger partial charge on any atom is -0.347 e. The largest absolute Gasteiger partial charge is 0.347 e. The van der Waals surface area contributed by atoms with Crippen molar-refractivity contribution in [2.45, 2.75) is 25.7 Å². The monoisotopic (exact) mass is 278 g/mol. The van der Waals surface area contributed by atoms with E-state index in [9.17, 15) is 8.78 Å². The molecule has 0 aliphatic heterocycles. The second-order valence-electron chi connectivity index (χ2n) is 4.75. The Labute approximate surface area is 114 Å². The fourth-order valence-corrected chi connectivity index (χ4v) is 2.84. The lowest BCUT2D eigenvalue weighted by molar-refractivity contribution is 0.580. The number of nitrogens with zero attached hydrogens (tertiary/aromatic N) is 1. The van der Waals surface area contributed by atoms with Gasteiger partial charge in [0.15, 0.2) is 0 Å².